The lowest BCUT2D eigenvalue weighted by Crippen LogP contribution is -2.04. The molecule has 10 heavy (non-hydrogen) atoms. The summed E-state index contributed by atoms with van der Waals surface area (Å²) in [7, 11) is 0. The van der Waals surface area contributed by atoms with E-state index < -0.39 is 0 Å². The summed E-state index contributed by atoms with van der Waals surface area (Å²) in [5, 5.41) is 11.2. The van der Waals surface area contributed by atoms with Gasteiger partial charge in [0.15, 0.2) is 0 Å². The average Bonchev–Trinajstić information content (AvgIpc) is 1.99. The van der Waals surface area contributed by atoms with Gasteiger partial charge < -0.3 is 9.94 Å². The van der Waals surface area contributed by atoms with E-state index in [1.165, 1.54) is 0 Å². The van der Waals surface area contributed by atoms with E-state index in [1.807, 2.05) is 6.92 Å². The molecule has 0 spiro atoms. The van der Waals surface area contributed by atoms with Crippen molar-refractivity contribution in [2.75, 3.05) is 6.61 Å². The average molecular weight is 144 g/mol. The van der Waals surface area contributed by atoms with E-state index in [4.69, 9.17) is 9.94 Å². The number of oxime groups is 1. The largest absolute Gasteiger partial charge is 0.479 e. The van der Waals surface area contributed by atoms with Crippen LogP contribution in [0.25, 0.3) is 0 Å². The Morgan fingerprint density at radius 3 is 2.80 bits per heavy atom. The van der Waals surface area contributed by atoms with Crippen LogP contribution in [0.4, 0.5) is 0 Å². The molecule has 0 bridgehead atoms. The van der Waals surface area contributed by atoms with Crippen molar-refractivity contribution in [2.45, 2.75) is 26.2 Å². The molecule has 0 rings (SSSR count). The summed E-state index contributed by atoms with van der Waals surface area (Å²) >= 11 is 0. The third-order valence-electron chi connectivity index (χ3n) is 1.08. The minimum Gasteiger partial charge on any atom is -0.479 e. The fraction of sp³-hybridized carbons (Fsp3) is 0.714. The third kappa shape index (κ3) is 4.18. The molecule has 3 nitrogen and oxygen atoms in total. The highest BCUT2D eigenvalue weighted by molar-refractivity contribution is 5.74. The first kappa shape index (κ1) is 9.27. The standard InChI is InChI=1S/C7H14NO2/c1-3-5-6-10-7(4-2)8-9/h9H,1,3-6H2,2H3. The topological polar surface area (TPSA) is 41.8 Å². The van der Waals surface area contributed by atoms with Crippen LogP contribution in [0.5, 0.6) is 0 Å². The summed E-state index contributed by atoms with van der Waals surface area (Å²) in [5.74, 6) is 0.397. The molecule has 0 amide bonds. The van der Waals surface area contributed by atoms with Gasteiger partial charge in [-0.3, -0.25) is 0 Å². The number of nitrogens with zero attached hydrogens (tertiary/aromatic N) is 1. The molecule has 3 heteroatoms. The first-order valence-electron chi connectivity index (χ1n) is 3.48. The second-order valence-electron chi connectivity index (χ2n) is 1.90. The Bertz CT molecular complexity index is 102. The number of unbranched alkanes of at least 4 members (excludes halogenated alkanes) is 1. The lowest BCUT2D eigenvalue weighted by molar-refractivity contribution is 0.246. The Morgan fingerprint density at radius 1 is 1.70 bits per heavy atom. The van der Waals surface area contributed by atoms with Crippen LogP contribution in [0.2, 0.25) is 0 Å². The van der Waals surface area contributed by atoms with Crippen molar-refractivity contribution < 1.29 is 9.94 Å². The van der Waals surface area contributed by atoms with Gasteiger partial charge in [-0.05, 0) is 6.42 Å². The molecule has 0 aliphatic carbocycles. The maximum Gasteiger partial charge on any atom is 0.225 e. The molecule has 0 saturated carbocycles. The van der Waals surface area contributed by atoms with Gasteiger partial charge >= 0.3 is 0 Å². The van der Waals surface area contributed by atoms with Crippen molar-refractivity contribution in [3.63, 3.8) is 0 Å². The van der Waals surface area contributed by atoms with E-state index in [2.05, 4.69) is 12.1 Å². The zero-order valence-electron chi connectivity index (χ0n) is 6.34. The normalized spacial score (nSPS) is 11.6. The predicted molar refractivity (Wildman–Crippen MR) is 40.1 cm³/mol. The van der Waals surface area contributed by atoms with Crippen LogP contribution in [0.15, 0.2) is 5.16 Å². The monoisotopic (exact) mass is 144 g/mol. The van der Waals surface area contributed by atoms with Crippen molar-refractivity contribution in [1.82, 2.24) is 0 Å². The minimum atomic E-state index is 0.397. The zero-order valence-corrected chi connectivity index (χ0v) is 6.34. The molecule has 59 valence electrons. The molecule has 0 unspecified atom stereocenters. The summed E-state index contributed by atoms with van der Waals surface area (Å²) in [6.07, 6.45) is 2.38. The minimum absolute atomic E-state index is 0.397. The van der Waals surface area contributed by atoms with Gasteiger partial charge in [0.25, 0.3) is 0 Å². The molecule has 0 aliphatic heterocycles. The quantitative estimate of drug-likeness (QED) is 0.215. The Labute approximate surface area is 61.7 Å². The molecular weight excluding hydrogens is 130 g/mol. The Kier molecular flexibility index (Phi) is 5.92. The van der Waals surface area contributed by atoms with E-state index in [9.17, 15) is 0 Å². The maximum absolute atomic E-state index is 8.27. The fourth-order valence-corrected chi connectivity index (χ4v) is 0.494. The zero-order chi connectivity index (χ0) is 7.82. The highest BCUT2D eigenvalue weighted by Gasteiger charge is 1.94. The highest BCUT2D eigenvalue weighted by Crippen LogP contribution is 1.92. The van der Waals surface area contributed by atoms with E-state index in [0.29, 0.717) is 18.9 Å². The van der Waals surface area contributed by atoms with Gasteiger partial charge in [-0.25, -0.2) is 0 Å². The summed E-state index contributed by atoms with van der Waals surface area (Å²) in [6, 6.07) is 0. The SMILES string of the molecule is [CH2]CCCOC(CC)=NO. The summed E-state index contributed by atoms with van der Waals surface area (Å²) in [4.78, 5) is 0. The van der Waals surface area contributed by atoms with Gasteiger partial charge in [-0.1, -0.05) is 25.4 Å². The molecule has 0 heterocycles. The predicted octanol–water partition coefficient (Wildman–Crippen LogP) is 1.81. The number of hydrogen-bond donors (Lipinski definition) is 1. The van der Waals surface area contributed by atoms with Crippen LogP contribution in [0, 0.1) is 6.92 Å². The van der Waals surface area contributed by atoms with Crippen LogP contribution in [0.3, 0.4) is 0 Å². The van der Waals surface area contributed by atoms with Crippen molar-refractivity contribution in [2.24, 2.45) is 5.16 Å². The lowest BCUT2D eigenvalue weighted by atomic mass is 10.4. The Balaban J connectivity index is 3.27. The van der Waals surface area contributed by atoms with Gasteiger partial charge in [0.2, 0.25) is 5.90 Å². The van der Waals surface area contributed by atoms with Crippen LogP contribution in [-0.4, -0.2) is 17.7 Å². The molecule has 0 aromatic heterocycles. The van der Waals surface area contributed by atoms with Gasteiger partial charge in [0.1, 0.15) is 0 Å². The van der Waals surface area contributed by atoms with Crippen LogP contribution in [-0.2, 0) is 4.74 Å². The number of hydrogen-bond acceptors (Lipinski definition) is 3. The molecule has 1 radical (unpaired) electrons. The number of rotatable bonds is 4. The van der Waals surface area contributed by atoms with E-state index in [-0.39, 0.29) is 0 Å². The van der Waals surface area contributed by atoms with Crippen LogP contribution >= 0.6 is 0 Å². The molecule has 0 saturated heterocycles. The van der Waals surface area contributed by atoms with E-state index in [1.54, 1.807) is 0 Å². The molecule has 0 fully saturated rings. The van der Waals surface area contributed by atoms with E-state index in [0.717, 1.165) is 12.8 Å². The van der Waals surface area contributed by atoms with Crippen LogP contribution < -0.4 is 0 Å². The molecule has 0 atom stereocenters. The van der Waals surface area contributed by atoms with Crippen molar-refractivity contribution >= 4 is 5.90 Å². The summed E-state index contributed by atoms with van der Waals surface area (Å²) in [6.45, 7) is 6.12. The molecular formula is C7H14NO2. The molecule has 0 aliphatic rings. The van der Waals surface area contributed by atoms with Gasteiger partial charge in [-0.15, -0.1) is 0 Å². The summed E-state index contributed by atoms with van der Waals surface area (Å²) in [5.41, 5.74) is 0. The van der Waals surface area contributed by atoms with Gasteiger partial charge in [0, 0.05) is 6.42 Å². The highest BCUT2D eigenvalue weighted by atomic mass is 16.5. The third-order valence-corrected chi connectivity index (χ3v) is 1.08. The van der Waals surface area contributed by atoms with Crippen LogP contribution in [0.1, 0.15) is 26.2 Å². The Hall–Kier alpha value is -0.730. The van der Waals surface area contributed by atoms with Crippen molar-refractivity contribution in [3.8, 4) is 0 Å². The lowest BCUT2D eigenvalue weighted by Gasteiger charge is -2.02. The van der Waals surface area contributed by atoms with Crippen molar-refractivity contribution in [3.05, 3.63) is 6.92 Å². The first-order chi connectivity index (χ1) is 4.85. The second kappa shape index (κ2) is 6.39. The summed E-state index contributed by atoms with van der Waals surface area (Å²) < 4.78 is 5.04. The smallest absolute Gasteiger partial charge is 0.225 e. The maximum atomic E-state index is 8.27. The number of ether oxygens (including phenoxy) is 1. The molecule has 0 aromatic rings. The van der Waals surface area contributed by atoms with Crippen molar-refractivity contribution in [1.29, 1.82) is 0 Å². The van der Waals surface area contributed by atoms with Gasteiger partial charge in [0.05, 0.1) is 6.61 Å². The van der Waals surface area contributed by atoms with Gasteiger partial charge in [-0.2, -0.15) is 0 Å². The molecule has 0 aromatic carbocycles. The molecule has 1 N–H and O–H groups in total. The first-order valence-corrected chi connectivity index (χ1v) is 3.48. The second-order valence-corrected chi connectivity index (χ2v) is 1.90. The van der Waals surface area contributed by atoms with E-state index >= 15 is 0 Å². The fourth-order valence-electron chi connectivity index (χ4n) is 0.494. The Morgan fingerprint density at radius 2 is 2.40 bits per heavy atom.